The summed E-state index contributed by atoms with van der Waals surface area (Å²) in [5.74, 6) is 1.06. The third-order valence-electron chi connectivity index (χ3n) is 3.12. The Morgan fingerprint density at radius 2 is 1.95 bits per heavy atom. The van der Waals surface area contributed by atoms with Crippen molar-refractivity contribution in [3.8, 4) is 5.75 Å². The molecular weight excluding hydrogens is 234 g/mol. The lowest BCUT2D eigenvalue weighted by atomic mass is 10.1. The van der Waals surface area contributed by atoms with Crippen molar-refractivity contribution < 1.29 is 4.74 Å². The van der Waals surface area contributed by atoms with E-state index in [4.69, 9.17) is 4.74 Å². The van der Waals surface area contributed by atoms with Gasteiger partial charge in [-0.15, -0.1) is 0 Å². The fraction of sp³-hybridized carbons (Fsp3) is 0.647. The maximum atomic E-state index is 6.14. The molecule has 0 saturated heterocycles. The lowest BCUT2D eigenvalue weighted by Crippen LogP contribution is -2.35. The van der Waals surface area contributed by atoms with E-state index in [0.29, 0.717) is 0 Å². The predicted octanol–water partition coefficient (Wildman–Crippen LogP) is 4.45. The molecule has 0 radical (unpaired) electrons. The number of benzene rings is 1. The molecule has 1 aromatic carbocycles. The summed E-state index contributed by atoms with van der Waals surface area (Å²) in [7, 11) is 0. The van der Waals surface area contributed by atoms with Gasteiger partial charge < -0.3 is 10.1 Å². The van der Waals surface area contributed by atoms with Crippen molar-refractivity contribution in [1.29, 1.82) is 0 Å². The van der Waals surface area contributed by atoms with Gasteiger partial charge in [-0.3, -0.25) is 0 Å². The molecule has 1 atom stereocenters. The molecule has 0 aliphatic rings. The molecule has 1 unspecified atom stereocenters. The zero-order valence-electron chi connectivity index (χ0n) is 13.3. The quantitative estimate of drug-likeness (QED) is 0.818. The molecule has 1 rings (SSSR count). The van der Waals surface area contributed by atoms with Gasteiger partial charge in [0.05, 0.1) is 6.10 Å². The SMILES string of the molecule is CCCC(C)Oc1c(C)cccc1CNC(C)(C)C. The number of rotatable bonds is 6. The van der Waals surface area contributed by atoms with Crippen molar-refractivity contribution in [3.63, 3.8) is 0 Å². The first-order chi connectivity index (χ1) is 8.83. The van der Waals surface area contributed by atoms with Crippen LogP contribution in [0.2, 0.25) is 0 Å². The van der Waals surface area contributed by atoms with Crippen LogP contribution in [0.5, 0.6) is 5.75 Å². The van der Waals surface area contributed by atoms with E-state index in [2.05, 4.69) is 65.1 Å². The zero-order valence-corrected chi connectivity index (χ0v) is 13.3. The third kappa shape index (κ3) is 5.65. The molecule has 0 heterocycles. The van der Waals surface area contributed by atoms with Gasteiger partial charge in [0.25, 0.3) is 0 Å². The highest BCUT2D eigenvalue weighted by Crippen LogP contribution is 2.25. The number of hydrogen-bond acceptors (Lipinski definition) is 2. The largest absolute Gasteiger partial charge is 0.490 e. The Morgan fingerprint density at radius 1 is 1.26 bits per heavy atom. The second kappa shape index (κ2) is 6.95. The van der Waals surface area contributed by atoms with Gasteiger partial charge in [0.2, 0.25) is 0 Å². The molecule has 0 spiro atoms. The Hall–Kier alpha value is -1.02. The van der Waals surface area contributed by atoms with Crippen LogP contribution >= 0.6 is 0 Å². The van der Waals surface area contributed by atoms with Gasteiger partial charge in [0.1, 0.15) is 5.75 Å². The van der Waals surface area contributed by atoms with E-state index in [1.807, 2.05) is 0 Å². The summed E-state index contributed by atoms with van der Waals surface area (Å²) in [5, 5.41) is 3.53. The fourth-order valence-electron chi connectivity index (χ4n) is 2.05. The number of para-hydroxylation sites is 1. The third-order valence-corrected chi connectivity index (χ3v) is 3.12. The average molecular weight is 263 g/mol. The van der Waals surface area contributed by atoms with Gasteiger partial charge in [-0.1, -0.05) is 31.5 Å². The molecule has 0 fully saturated rings. The maximum absolute atomic E-state index is 6.14. The summed E-state index contributed by atoms with van der Waals surface area (Å²) in [6.45, 7) is 13.9. The molecule has 2 nitrogen and oxygen atoms in total. The van der Waals surface area contributed by atoms with Gasteiger partial charge in [-0.05, 0) is 46.6 Å². The van der Waals surface area contributed by atoms with E-state index in [0.717, 1.165) is 25.1 Å². The molecule has 0 saturated carbocycles. The first-order valence-corrected chi connectivity index (χ1v) is 7.33. The molecule has 2 heteroatoms. The fourth-order valence-corrected chi connectivity index (χ4v) is 2.05. The van der Waals surface area contributed by atoms with Gasteiger partial charge in [-0.25, -0.2) is 0 Å². The highest BCUT2D eigenvalue weighted by atomic mass is 16.5. The van der Waals surface area contributed by atoms with Crippen LogP contribution in [0.25, 0.3) is 0 Å². The molecule has 0 amide bonds. The Balaban J connectivity index is 2.83. The Morgan fingerprint density at radius 3 is 2.53 bits per heavy atom. The van der Waals surface area contributed by atoms with Gasteiger partial charge in [0, 0.05) is 17.6 Å². The monoisotopic (exact) mass is 263 g/mol. The van der Waals surface area contributed by atoms with Crippen LogP contribution in [0, 0.1) is 6.92 Å². The number of nitrogens with one attached hydrogen (secondary N) is 1. The Labute approximate surface area is 118 Å². The summed E-state index contributed by atoms with van der Waals surface area (Å²) >= 11 is 0. The summed E-state index contributed by atoms with van der Waals surface area (Å²) in [6, 6.07) is 6.38. The molecule has 0 bridgehead atoms. The second-order valence-electron chi connectivity index (χ2n) is 6.38. The highest BCUT2D eigenvalue weighted by molar-refractivity contribution is 5.41. The lowest BCUT2D eigenvalue weighted by Gasteiger charge is -2.23. The minimum atomic E-state index is 0.121. The van der Waals surface area contributed by atoms with E-state index < -0.39 is 0 Å². The van der Waals surface area contributed by atoms with Crippen LogP contribution in [0.15, 0.2) is 18.2 Å². The summed E-state index contributed by atoms with van der Waals surface area (Å²) in [4.78, 5) is 0. The number of hydrogen-bond donors (Lipinski definition) is 1. The molecule has 108 valence electrons. The Kier molecular flexibility index (Phi) is 5.86. The minimum Gasteiger partial charge on any atom is -0.490 e. The average Bonchev–Trinajstić information content (AvgIpc) is 2.29. The van der Waals surface area contributed by atoms with Gasteiger partial charge in [0.15, 0.2) is 0 Å². The van der Waals surface area contributed by atoms with Crippen LogP contribution < -0.4 is 10.1 Å². The molecule has 1 N–H and O–H groups in total. The highest BCUT2D eigenvalue weighted by Gasteiger charge is 2.14. The van der Waals surface area contributed by atoms with Gasteiger partial charge >= 0.3 is 0 Å². The number of ether oxygens (including phenoxy) is 1. The molecule has 1 aromatic rings. The van der Waals surface area contributed by atoms with Crippen molar-refractivity contribution in [1.82, 2.24) is 5.32 Å². The van der Waals surface area contributed by atoms with Crippen molar-refractivity contribution in [2.24, 2.45) is 0 Å². The smallest absolute Gasteiger partial charge is 0.127 e. The Bertz CT molecular complexity index is 393. The molecular formula is C17H29NO. The first kappa shape index (κ1) is 16.0. The summed E-state index contributed by atoms with van der Waals surface area (Å²) < 4.78 is 6.14. The van der Waals surface area contributed by atoms with Crippen LogP contribution in [0.3, 0.4) is 0 Å². The molecule has 0 aromatic heterocycles. The van der Waals surface area contributed by atoms with Crippen molar-refractivity contribution in [3.05, 3.63) is 29.3 Å². The van der Waals surface area contributed by atoms with Crippen LogP contribution in [-0.2, 0) is 6.54 Å². The zero-order chi connectivity index (χ0) is 14.5. The lowest BCUT2D eigenvalue weighted by molar-refractivity contribution is 0.205. The van der Waals surface area contributed by atoms with Crippen molar-refractivity contribution in [2.75, 3.05) is 0 Å². The summed E-state index contributed by atoms with van der Waals surface area (Å²) in [5.41, 5.74) is 2.59. The maximum Gasteiger partial charge on any atom is 0.127 e. The van der Waals surface area contributed by atoms with Gasteiger partial charge in [-0.2, -0.15) is 0 Å². The van der Waals surface area contributed by atoms with E-state index in [1.165, 1.54) is 11.1 Å². The summed E-state index contributed by atoms with van der Waals surface area (Å²) in [6.07, 6.45) is 2.53. The van der Waals surface area contributed by atoms with E-state index in [9.17, 15) is 0 Å². The van der Waals surface area contributed by atoms with E-state index in [-0.39, 0.29) is 11.6 Å². The van der Waals surface area contributed by atoms with Crippen molar-refractivity contribution >= 4 is 0 Å². The normalized spacial score (nSPS) is 13.4. The standard InChI is InChI=1S/C17H29NO/c1-7-9-14(3)19-16-13(2)10-8-11-15(16)12-18-17(4,5)6/h8,10-11,14,18H,7,9,12H2,1-6H3. The number of aryl methyl sites for hydroxylation is 1. The molecule has 0 aliphatic carbocycles. The molecule has 19 heavy (non-hydrogen) atoms. The first-order valence-electron chi connectivity index (χ1n) is 7.33. The molecule has 0 aliphatic heterocycles. The van der Waals surface area contributed by atoms with Crippen LogP contribution in [0.1, 0.15) is 58.6 Å². The topological polar surface area (TPSA) is 21.3 Å². The predicted molar refractivity (Wildman–Crippen MR) is 82.8 cm³/mol. The minimum absolute atomic E-state index is 0.121. The van der Waals surface area contributed by atoms with Crippen molar-refractivity contribution in [2.45, 2.75) is 72.6 Å². The second-order valence-corrected chi connectivity index (χ2v) is 6.38. The van der Waals surface area contributed by atoms with E-state index >= 15 is 0 Å². The van der Waals surface area contributed by atoms with Crippen LogP contribution in [0.4, 0.5) is 0 Å². The van der Waals surface area contributed by atoms with Crippen LogP contribution in [-0.4, -0.2) is 11.6 Å². The van der Waals surface area contributed by atoms with E-state index in [1.54, 1.807) is 0 Å².